The Morgan fingerprint density at radius 1 is 1.17 bits per heavy atom. The summed E-state index contributed by atoms with van der Waals surface area (Å²) in [6.07, 6.45) is -1.04. The quantitative estimate of drug-likeness (QED) is 0.857. The highest BCUT2D eigenvalue weighted by atomic mass is 79.9. The first-order valence-electron chi connectivity index (χ1n) is 6.73. The van der Waals surface area contributed by atoms with Crippen molar-refractivity contribution < 1.29 is 17.9 Å². The van der Waals surface area contributed by atoms with Crippen LogP contribution in [0, 0.1) is 0 Å². The third kappa shape index (κ3) is 2.79. The van der Waals surface area contributed by atoms with Crippen molar-refractivity contribution in [3.63, 3.8) is 0 Å². The van der Waals surface area contributed by atoms with Crippen molar-refractivity contribution in [2.45, 2.75) is 11.0 Å². The lowest BCUT2D eigenvalue weighted by atomic mass is 10.2. The van der Waals surface area contributed by atoms with Crippen molar-refractivity contribution in [3.8, 4) is 5.75 Å². The number of sulfonamides is 1. The minimum atomic E-state index is -3.87. The zero-order valence-electron chi connectivity index (χ0n) is 11.8. The van der Waals surface area contributed by atoms with Crippen LogP contribution in [-0.2, 0) is 14.8 Å². The molecule has 23 heavy (non-hydrogen) atoms. The standard InChI is InChI=1S/C15H13BrN2O4S/c16-10-5-1-4-8-14(10)23(20,21)18-9-13(15(17)19)22-12-7-3-2-6-11(12)18/h1-8,13H,9H2,(H2,17,19)/t13-/m0/s1. The van der Waals surface area contributed by atoms with E-state index in [0.717, 1.165) is 4.31 Å². The molecule has 0 spiro atoms. The van der Waals surface area contributed by atoms with Crippen LogP contribution in [0.25, 0.3) is 0 Å². The number of ether oxygens (including phenoxy) is 1. The second-order valence-electron chi connectivity index (χ2n) is 4.94. The molecule has 0 bridgehead atoms. The van der Waals surface area contributed by atoms with Gasteiger partial charge in [-0.2, -0.15) is 0 Å². The van der Waals surface area contributed by atoms with Gasteiger partial charge in [0.2, 0.25) is 0 Å². The van der Waals surface area contributed by atoms with Gasteiger partial charge in [0.15, 0.2) is 6.10 Å². The Bertz CT molecular complexity index is 869. The third-order valence-electron chi connectivity index (χ3n) is 3.46. The maximum Gasteiger partial charge on any atom is 0.265 e. The second-order valence-corrected chi connectivity index (χ2v) is 7.63. The number of anilines is 1. The number of hydrogen-bond donors (Lipinski definition) is 1. The topological polar surface area (TPSA) is 89.7 Å². The van der Waals surface area contributed by atoms with E-state index in [2.05, 4.69) is 15.9 Å². The molecule has 1 aliphatic heterocycles. The molecule has 0 radical (unpaired) electrons. The number of primary amides is 1. The minimum absolute atomic E-state index is 0.111. The number of halogens is 1. The predicted molar refractivity (Wildman–Crippen MR) is 88.7 cm³/mol. The van der Waals surface area contributed by atoms with Gasteiger partial charge in [-0.3, -0.25) is 9.10 Å². The van der Waals surface area contributed by atoms with Crippen molar-refractivity contribution in [2.24, 2.45) is 5.73 Å². The van der Waals surface area contributed by atoms with E-state index in [1.165, 1.54) is 6.07 Å². The lowest BCUT2D eigenvalue weighted by Crippen LogP contribution is -2.49. The number of carbonyl (C=O) groups is 1. The maximum atomic E-state index is 13.0. The lowest BCUT2D eigenvalue weighted by Gasteiger charge is -2.34. The first-order valence-corrected chi connectivity index (χ1v) is 8.97. The molecule has 3 rings (SSSR count). The molecule has 0 saturated heterocycles. The molecule has 0 aliphatic carbocycles. The molecule has 0 unspecified atom stereocenters. The van der Waals surface area contributed by atoms with Crippen LogP contribution < -0.4 is 14.8 Å². The highest BCUT2D eigenvalue weighted by Gasteiger charge is 2.37. The molecular formula is C15H13BrN2O4S. The summed E-state index contributed by atoms with van der Waals surface area (Å²) < 4.78 is 33.1. The molecule has 1 amide bonds. The van der Waals surface area contributed by atoms with E-state index in [0.29, 0.717) is 15.9 Å². The van der Waals surface area contributed by atoms with Crippen molar-refractivity contribution in [1.82, 2.24) is 0 Å². The van der Waals surface area contributed by atoms with Crippen LogP contribution >= 0.6 is 15.9 Å². The van der Waals surface area contributed by atoms with Crippen molar-refractivity contribution in [1.29, 1.82) is 0 Å². The molecule has 8 heteroatoms. The Hall–Kier alpha value is -2.06. The average molecular weight is 397 g/mol. The summed E-state index contributed by atoms with van der Waals surface area (Å²) in [7, 11) is -3.87. The van der Waals surface area contributed by atoms with Crippen LogP contribution in [0.3, 0.4) is 0 Å². The monoisotopic (exact) mass is 396 g/mol. The zero-order chi connectivity index (χ0) is 16.6. The molecule has 2 aromatic rings. The molecule has 0 saturated carbocycles. The number of hydrogen-bond acceptors (Lipinski definition) is 4. The molecule has 1 atom stereocenters. The Morgan fingerprint density at radius 2 is 1.83 bits per heavy atom. The molecule has 0 aromatic heterocycles. The lowest BCUT2D eigenvalue weighted by molar-refractivity contribution is -0.124. The average Bonchev–Trinajstić information content (AvgIpc) is 2.53. The number of fused-ring (bicyclic) bond motifs is 1. The van der Waals surface area contributed by atoms with Gasteiger partial charge in [-0.05, 0) is 40.2 Å². The highest BCUT2D eigenvalue weighted by molar-refractivity contribution is 9.10. The van der Waals surface area contributed by atoms with Crippen LogP contribution in [-0.4, -0.2) is 27.0 Å². The van der Waals surface area contributed by atoms with Crippen LogP contribution in [0.4, 0.5) is 5.69 Å². The van der Waals surface area contributed by atoms with Gasteiger partial charge in [-0.25, -0.2) is 8.42 Å². The minimum Gasteiger partial charge on any atom is -0.476 e. The van der Waals surface area contributed by atoms with Gasteiger partial charge in [0, 0.05) is 4.47 Å². The van der Waals surface area contributed by atoms with Gasteiger partial charge in [0.25, 0.3) is 15.9 Å². The number of nitrogens with two attached hydrogens (primary N) is 1. The predicted octanol–water partition coefficient (Wildman–Crippen LogP) is 1.89. The first kappa shape index (κ1) is 15.8. The normalized spacial score (nSPS) is 17.3. The van der Waals surface area contributed by atoms with Crippen LogP contribution in [0.1, 0.15) is 0 Å². The van der Waals surface area contributed by atoms with Gasteiger partial charge >= 0.3 is 0 Å². The summed E-state index contributed by atoms with van der Waals surface area (Å²) in [5.74, 6) is -0.412. The van der Waals surface area contributed by atoms with Crippen molar-refractivity contribution in [2.75, 3.05) is 10.8 Å². The fourth-order valence-corrected chi connectivity index (χ4v) is 4.79. The molecule has 1 aliphatic rings. The van der Waals surface area contributed by atoms with Gasteiger partial charge < -0.3 is 10.5 Å². The molecular weight excluding hydrogens is 384 g/mol. The number of benzene rings is 2. The third-order valence-corrected chi connectivity index (χ3v) is 6.25. The Labute approximate surface area is 142 Å². The van der Waals surface area contributed by atoms with E-state index in [1.807, 2.05) is 0 Å². The molecule has 1 heterocycles. The van der Waals surface area contributed by atoms with E-state index < -0.39 is 22.0 Å². The molecule has 120 valence electrons. The molecule has 2 aromatic carbocycles. The second kappa shape index (κ2) is 5.86. The maximum absolute atomic E-state index is 13.0. The number of amides is 1. The molecule has 0 fully saturated rings. The van der Waals surface area contributed by atoms with E-state index in [9.17, 15) is 13.2 Å². The van der Waals surface area contributed by atoms with E-state index in [-0.39, 0.29) is 11.4 Å². The fraction of sp³-hybridized carbons (Fsp3) is 0.133. The summed E-state index contributed by atoms with van der Waals surface area (Å²) in [5.41, 5.74) is 5.68. The Kier molecular flexibility index (Phi) is 4.03. The number of rotatable bonds is 3. The van der Waals surface area contributed by atoms with Crippen molar-refractivity contribution in [3.05, 3.63) is 53.0 Å². The number of nitrogens with zero attached hydrogens (tertiary/aromatic N) is 1. The Morgan fingerprint density at radius 3 is 2.52 bits per heavy atom. The Balaban J connectivity index is 2.14. The summed E-state index contributed by atoms with van der Waals surface area (Å²) in [6.45, 7) is -0.171. The molecule has 2 N–H and O–H groups in total. The summed E-state index contributed by atoms with van der Waals surface area (Å²) in [4.78, 5) is 11.6. The van der Waals surface area contributed by atoms with E-state index in [4.69, 9.17) is 10.5 Å². The van der Waals surface area contributed by atoms with Gasteiger partial charge in [-0.1, -0.05) is 24.3 Å². The zero-order valence-corrected chi connectivity index (χ0v) is 14.2. The van der Waals surface area contributed by atoms with E-state index in [1.54, 1.807) is 42.5 Å². The smallest absolute Gasteiger partial charge is 0.265 e. The van der Waals surface area contributed by atoms with Gasteiger partial charge in [0.05, 0.1) is 12.2 Å². The highest BCUT2D eigenvalue weighted by Crippen LogP contribution is 2.37. The number of carbonyl (C=O) groups excluding carboxylic acids is 1. The van der Waals surface area contributed by atoms with E-state index >= 15 is 0 Å². The van der Waals surface area contributed by atoms with Gasteiger partial charge in [-0.15, -0.1) is 0 Å². The van der Waals surface area contributed by atoms with Crippen LogP contribution in [0.2, 0.25) is 0 Å². The van der Waals surface area contributed by atoms with Crippen molar-refractivity contribution >= 4 is 37.5 Å². The fourth-order valence-electron chi connectivity index (χ4n) is 2.35. The van der Waals surface area contributed by atoms with Crippen LogP contribution in [0.5, 0.6) is 5.75 Å². The van der Waals surface area contributed by atoms with Gasteiger partial charge in [0.1, 0.15) is 10.6 Å². The molecule has 6 nitrogen and oxygen atoms in total. The summed E-state index contributed by atoms with van der Waals surface area (Å²) in [6, 6.07) is 13.1. The SMILES string of the molecule is NC(=O)[C@@H]1CN(S(=O)(=O)c2ccccc2Br)c2ccccc2O1. The van der Waals surface area contributed by atoms with Crippen LogP contribution in [0.15, 0.2) is 57.9 Å². The first-order chi connectivity index (χ1) is 10.9. The summed E-state index contributed by atoms with van der Waals surface area (Å²) in [5, 5.41) is 0. The number of para-hydroxylation sites is 2. The summed E-state index contributed by atoms with van der Waals surface area (Å²) >= 11 is 3.25. The largest absolute Gasteiger partial charge is 0.476 e.